The number of nitrogens with zero attached hydrogens (tertiary/aromatic N) is 3. The molecule has 3 rings (SSSR count). The number of amides is 1. The van der Waals surface area contributed by atoms with E-state index in [0.29, 0.717) is 4.90 Å². The zero-order chi connectivity index (χ0) is 24.7. The second kappa shape index (κ2) is 9.11. The number of sulfonamides is 1. The number of non-ortho nitro benzene ring substituents is 1. The molecule has 1 aliphatic rings. The van der Waals surface area contributed by atoms with Crippen molar-refractivity contribution in [2.24, 2.45) is 0 Å². The molecule has 0 bridgehead atoms. The van der Waals surface area contributed by atoms with E-state index in [2.05, 4.69) is 0 Å². The summed E-state index contributed by atoms with van der Waals surface area (Å²) >= 11 is 0. The Kier molecular flexibility index (Phi) is 6.80. The standard InChI is InChI=1S/C23H29N3O6S/c1-14-15(2)17(4)22(18(5)16(14)3)33(30,31)25-11-9-24(10-12-25)23(27)20-13-19(26(28)29)7-8-21(20)32-6/h7-8,13H,9-12H2,1-6H3. The van der Waals surface area contributed by atoms with E-state index in [0.717, 1.165) is 27.8 Å². The van der Waals surface area contributed by atoms with Crippen LogP contribution in [0.2, 0.25) is 0 Å². The van der Waals surface area contributed by atoms with Gasteiger partial charge in [-0.1, -0.05) is 0 Å². The van der Waals surface area contributed by atoms with E-state index in [-0.39, 0.29) is 43.2 Å². The van der Waals surface area contributed by atoms with Crippen LogP contribution in [0.4, 0.5) is 5.69 Å². The van der Waals surface area contributed by atoms with Crippen molar-refractivity contribution < 1.29 is 22.9 Å². The molecule has 1 amide bonds. The first-order valence-corrected chi connectivity index (χ1v) is 12.0. The van der Waals surface area contributed by atoms with Gasteiger partial charge in [-0.05, 0) is 68.5 Å². The fraction of sp³-hybridized carbons (Fsp3) is 0.435. The monoisotopic (exact) mass is 475 g/mol. The lowest BCUT2D eigenvalue weighted by molar-refractivity contribution is -0.384. The van der Waals surface area contributed by atoms with Gasteiger partial charge in [-0.3, -0.25) is 14.9 Å². The maximum Gasteiger partial charge on any atom is 0.270 e. The van der Waals surface area contributed by atoms with Crippen molar-refractivity contribution in [3.8, 4) is 5.75 Å². The average molecular weight is 476 g/mol. The van der Waals surface area contributed by atoms with Gasteiger partial charge < -0.3 is 9.64 Å². The maximum absolute atomic E-state index is 13.5. The fourth-order valence-corrected chi connectivity index (χ4v) is 6.24. The van der Waals surface area contributed by atoms with Crippen LogP contribution in [0.1, 0.15) is 38.2 Å². The van der Waals surface area contributed by atoms with Crippen LogP contribution in [0, 0.1) is 44.7 Å². The first-order chi connectivity index (χ1) is 15.4. The van der Waals surface area contributed by atoms with Gasteiger partial charge in [0, 0.05) is 38.3 Å². The van der Waals surface area contributed by atoms with Gasteiger partial charge in [-0.2, -0.15) is 4.31 Å². The molecular weight excluding hydrogens is 446 g/mol. The molecule has 1 saturated heterocycles. The van der Waals surface area contributed by atoms with Gasteiger partial charge in [0.25, 0.3) is 11.6 Å². The third-order valence-corrected chi connectivity index (χ3v) is 8.85. The van der Waals surface area contributed by atoms with Crippen molar-refractivity contribution in [3.63, 3.8) is 0 Å². The Morgan fingerprint density at radius 1 is 0.939 bits per heavy atom. The molecule has 0 unspecified atom stereocenters. The SMILES string of the molecule is COc1ccc([N+](=O)[O-])cc1C(=O)N1CCN(S(=O)(=O)c2c(C)c(C)c(C)c(C)c2C)CC1. The summed E-state index contributed by atoms with van der Waals surface area (Å²) in [6.07, 6.45) is 0. The van der Waals surface area contributed by atoms with Crippen LogP contribution < -0.4 is 4.74 Å². The smallest absolute Gasteiger partial charge is 0.270 e. The second-order valence-electron chi connectivity index (χ2n) is 8.29. The number of rotatable bonds is 5. The largest absolute Gasteiger partial charge is 0.496 e. The molecule has 1 heterocycles. The third kappa shape index (κ3) is 4.32. The molecular formula is C23H29N3O6S. The lowest BCUT2D eigenvalue weighted by Gasteiger charge is -2.35. The number of nitro groups is 1. The molecule has 0 spiro atoms. The predicted molar refractivity (Wildman–Crippen MR) is 124 cm³/mol. The lowest BCUT2D eigenvalue weighted by atomic mass is 9.95. The first-order valence-electron chi connectivity index (χ1n) is 10.6. The highest BCUT2D eigenvalue weighted by molar-refractivity contribution is 7.89. The van der Waals surface area contributed by atoms with Crippen molar-refractivity contribution >= 4 is 21.6 Å². The Morgan fingerprint density at radius 2 is 1.45 bits per heavy atom. The molecule has 2 aromatic rings. The van der Waals surface area contributed by atoms with Gasteiger partial charge in [0.1, 0.15) is 5.75 Å². The number of piperazine rings is 1. The maximum atomic E-state index is 13.5. The second-order valence-corrected chi connectivity index (χ2v) is 10.2. The minimum Gasteiger partial charge on any atom is -0.496 e. The van der Waals surface area contributed by atoms with Crippen LogP contribution in [-0.4, -0.2) is 61.7 Å². The Morgan fingerprint density at radius 3 is 1.94 bits per heavy atom. The van der Waals surface area contributed by atoms with Crippen LogP contribution in [0.25, 0.3) is 0 Å². The minimum atomic E-state index is -3.75. The predicted octanol–water partition coefficient (Wildman–Crippen LogP) is 3.29. The van der Waals surface area contributed by atoms with Gasteiger partial charge in [-0.15, -0.1) is 0 Å². The van der Waals surface area contributed by atoms with Gasteiger partial charge in [0.2, 0.25) is 10.0 Å². The molecule has 2 aromatic carbocycles. The zero-order valence-electron chi connectivity index (χ0n) is 19.8. The number of hydrogen-bond donors (Lipinski definition) is 0. The van der Waals surface area contributed by atoms with E-state index < -0.39 is 20.9 Å². The average Bonchev–Trinajstić information content (AvgIpc) is 2.80. The number of hydrogen-bond acceptors (Lipinski definition) is 6. The summed E-state index contributed by atoms with van der Waals surface area (Å²) < 4.78 is 33.7. The molecule has 1 fully saturated rings. The lowest BCUT2D eigenvalue weighted by Crippen LogP contribution is -2.50. The fourth-order valence-electron chi connectivity index (χ4n) is 4.26. The van der Waals surface area contributed by atoms with Crippen LogP contribution in [0.3, 0.4) is 0 Å². The van der Waals surface area contributed by atoms with Crippen molar-refractivity contribution in [2.45, 2.75) is 39.5 Å². The van der Waals surface area contributed by atoms with Gasteiger partial charge in [0.05, 0.1) is 22.5 Å². The van der Waals surface area contributed by atoms with Crippen LogP contribution >= 0.6 is 0 Å². The van der Waals surface area contributed by atoms with Gasteiger partial charge >= 0.3 is 0 Å². The molecule has 0 N–H and O–H groups in total. The molecule has 10 heteroatoms. The van der Waals surface area contributed by atoms with Crippen molar-refractivity contribution in [1.82, 2.24) is 9.21 Å². The normalized spacial score (nSPS) is 14.9. The highest BCUT2D eigenvalue weighted by Crippen LogP contribution is 2.32. The molecule has 0 saturated carbocycles. The van der Waals surface area contributed by atoms with E-state index in [4.69, 9.17) is 4.74 Å². The van der Waals surface area contributed by atoms with Crippen molar-refractivity contribution in [1.29, 1.82) is 0 Å². The molecule has 9 nitrogen and oxygen atoms in total. The highest BCUT2D eigenvalue weighted by atomic mass is 32.2. The summed E-state index contributed by atoms with van der Waals surface area (Å²) in [5.74, 6) is -0.195. The molecule has 33 heavy (non-hydrogen) atoms. The Hall–Kier alpha value is -2.98. The van der Waals surface area contributed by atoms with Gasteiger partial charge in [-0.25, -0.2) is 8.42 Å². The first kappa shape index (κ1) is 24.7. The number of nitro benzene ring substituents is 1. The number of ether oxygens (including phenoxy) is 1. The summed E-state index contributed by atoms with van der Waals surface area (Å²) in [7, 11) is -2.36. The number of carbonyl (C=O) groups excluding carboxylic acids is 1. The summed E-state index contributed by atoms with van der Waals surface area (Å²) in [5.41, 5.74) is 4.37. The van der Waals surface area contributed by atoms with E-state index in [1.807, 2.05) is 34.6 Å². The summed E-state index contributed by atoms with van der Waals surface area (Å²) in [5, 5.41) is 11.1. The Bertz CT molecular complexity index is 1200. The van der Waals surface area contributed by atoms with E-state index in [1.54, 1.807) is 0 Å². The summed E-state index contributed by atoms with van der Waals surface area (Å²) in [4.78, 5) is 25.5. The molecule has 1 aliphatic heterocycles. The molecule has 178 valence electrons. The molecule has 0 aromatic heterocycles. The topological polar surface area (TPSA) is 110 Å². The number of methoxy groups -OCH3 is 1. The van der Waals surface area contributed by atoms with Crippen molar-refractivity contribution in [2.75, 3.05) is 33.3 Å². The highest BCUT2D eigenvalue weighted by Gasteiger charge is 2.34. The zero-order valence-corrected chi connectivity index (χ0v) is 20.6. The van der Waals surface area contributed by atoms with Crippen LogP contribution in [-0.2, 0) is 10.0 Å². The van der Waals surface area contributed by atoms with Crippen LogP contribution in [0.15, 0.2) is 23.1 Å². The summed E-state index contributed by atoms with van der Waals surface area (Å²) in [6, 6.07) is 3.85. The number of benzene rings is 2. The Balaban J connectivity index is 1.86. The minimum absolute atomic E-state index is 0.0829. The quantitative estimate of drug-likeness (QED) is 0.485. The molecule has 0 atom stereocenters. The van der Waals surface area contributed by atoms with E-state index in [9.17, 15) is 23.3 Å². The van der Waals surface area contributed by atoms with Crippen molar-refractivity contribution in [3.05, 3.63) is 61.7 Å². The Labute approximate surface area is 194 Å². The molecule has 0 radical (unpaired) electrons. The summed E-state index contributed by atoms with van der Waals surface area (Å²) in [6.45, 7) is 10.1. The van der Waals surface area contributed by atoms with Crippen LogP contribution in [0.5, 0.6) is 5.75 Å². The van der Waals surface area contributed by atoms with Gasteiger partial charge in [0.15, 0.2) is 0 Å². The number of carbonyl (C=O) groups is 1. The third-order valence-electron chi connectivity index (χ3n) is 6.68. The molecule has 0 aliphatic carbocycles. The van der Waals surface area contributed by atoms with E-state index >= 15 is 0 Å². The van der Waals surface area contributed by atoms with E-state index in [1.165, 1.54) is 34.5 Å².